The van der Waals surface area contributed by atoms with Crippen LogP contribution in [0.15, 0.2) is 66.7 Å². The Labute approximate surface area is 239 Å². The van der Waals surface area contributed by atoms with Crippen LogP contribution >= 0.6 is 22.9 Å². The van der Waals surface area contributed by atoms with Gasteiger partial charge in [0.15, 0.2) is 6.04 Å². The molecule has 0 radical (unpaired) electrons. The van der Waals surface area contributed by atoms with E-state index in [2.05, 4.69) is 16.4 Å². The maximum Gasteiger partial charge on any atom is 0.416 e. The number of halogens is 5. The number of rotatable bonds is 6. The third-order valence-corrected chi connectivity index (χ3v) is 7.93. The van der Waals surface area contributed by atoms with E-state index in [1.807, 2.05) is 42.5 Å². The molecule has 0 amide bonds. The molecule has 1 aliphatic heterocycles. The number of aryl methyl sites for hydroxylation is 1. The molecule has 38 heavy (non-hydrogen) atoms. The van der Waals surface area contributed by atoms with Gasteiger partial charge in [-0.15, -0.1) is 0 Å². The van der Waals surface area contributed by atoms with Crippen molar-refractivity contribution in [2.45, 2.75) is 32.2 Å². The smallest absolute Gasteiger partial charge is 0.416 e. The van der Waals surface area contributed by atoms with E-state index >= 15 is 0 Å². The number of methoxy groups -OCH3 is 2. The Bertz CT molecular complexity index is 1420. The van der Waals surface area contributed by atoms with Crippen molar-refractivity contribution in [3.63, 3.8) is 0 Å². The van der Waals surface area contributed by atoms with Crippen molar-refractivity contribution in [3.8, 4) is 22.8 Å². The molecular formula is C28H25BrClF3N2O2S. The molecule has 4 nitrogen and oxygen atoms in total. The highest BCUT2D eigenvalue weighted by molar-refractivity contribution is 7.15. The highest BCUT2D eigenvalue weighted by atomic mass is 79.9. The van der Waals surface area contributed by atoms with Crippen molar-refractivity contribution in [2.24, 2.45) is 0 Å². The van der Waals surface area contributed by atoms with Gasteiger partial charge < -0.3 is 26.5 Å². The Kier molecular flexibility index (Phi) is 8.30. The lowest BCUT2D eigenvalue weighted by molar-refractivity contribution is -0.659. The van der Waals surface area contributed by atoms with E-state index in [0.717, 1.165) is 32.9 Å². The van der Waals surface area contributed by atoms with E-state index in [1.165, 1.54) is 12.1 Å². The van der Waals surface area contributed by atoms with Crippen molar-refractivity contribution in [1.82, 2.24) is 0 Å². The van der Waals surface area contributed by atoms with Crippen LogP contribution in [0.25, 0.3) is 11.3 Å². The van der Waals surface area contributed by atoms with Gasteiger partial charge in [0.1, 0.15) is 30.3 Å². The summed E-state index contributed by atoms with van der Waals surface area (Å²) < 4.78 is 53.5. The summed E-state index contributed by atoms with van der Waals surface area (Å²) in [6.07, 6.45) is -4.39. The standard InChI is InChI=1S/C28H25ClF3N2O2S.BrH/c1-17-26(20-12-23(35-2)14-24(13-20)36-3)34-16-25(19-7-9-22(29)10-8-19)33(27(34)37-17)15-18-5-4-6-21(11-18)28(30,31)32;/h4-14,25H,15-16H2,1-3H3;1H/q+1;/p-1. The molecule has 5 rings (SSSR count). The summed E-state index contributed by atoms with van der Waals surface area (Å²) >= 11 is 7.77. The topological polar surface area (TPSA) is 25.6 Å². The van der Waals surface area contributed by atoms with E-state index in [0.29, 0.717) is 35.2 Å². The maximum atomic E-state index is 13.4. The summed E-state index contributed by atoms with van der Waals surface area (Å²) in [5, 5.41) is 1.61. The molecular weight excluding hydrogens is 601 g/mol. The summed E-state index contributed by atoms with van der Waals surface area (Å²) in [5.41, 5.74) is 2.97. The normalized spacial score (nSPS) is 14.7. The summed E-state index contributed by atoms with van der Waals surface area (Å²) in [4.78, 5) is 3.27. The molecule has 0 saturated carbocycles. The Morgan fingerprint density at radius 3 is 2.26 bits per heavy atom. The molecule has 1 unspecified atom stereocenters. The number of nitrogens with zero attached hydrogens (tertiary/aromatic N) is 2. The average Bonchev–Trinajstić information content (AvgIpc) is 3.38. The fourth-order valence-corrected chi connectivity index (χ4v) is 6.12. The number of anilines is 1. The maximum absolute atomic E-state index is 13.4. The van der Waals surface area contributed by atoms with Crippen LogP contribution in [0.5, 0.6) is 11.5 Å². The van der Waals surface area contributed by atoms with Crippen LogP contribution in [0.2, 0.25) is 5.02 Å². The van der Waals surface area contributed by atoms with Crippen molar-refractivity contribution in [2.75, 3.05) is 19.1 Å². The van der Waals surface area contributed by atoms with E-state index in [-0.39, 0.29) is 23.0 Å². The van der Waals surface area contributed by atoms with Crippen molar-refractivity contribution in [3.05, 3.63) is 93.3 Å². The van der Waals surface area contributed by atoms with Gasteiger partial charge >= 0.3 is 11.3 Å². The van der Waals surface area contributed by atoms with E-state index < -0.39 is 11.7 Å². The first kappa shape index (κ1) is 28.3. The van der Waals surface area contributed by atoms with Crippen LogP contribution in [0, 0.1) is 6.92 Å². The molecule has 0 fully saturated rings. The summed E-state index contributed by atoms with van der Waals surface area (Å²) in [6, 6.07) is 18.9. The molecule has 4 aromatic rings. The molecule has 0 saturated heterocycles. The van der Waals surface area contributed by atoms with Gasteiger partial charge in [0.25, 0.3) is 0 Å². The Morgan fingerprint density at radius 2 is 1.66 bits per heavy atom. The number of benzene rings is 3. The molecule has 1 atom stereocenters. The fourth-order valence-electron chi connectivity index (χ4n) is 4.81. The van der Waals surface area contributed by atoms with Gasteiger partial charge in [-0.3, -0.25) is 0 Å². The van der Waals surface area contributed by atoms with E-state index in [1.54, 1.807) is 31.6 Å². The lowest BCUT2D eigenvalue weighted by Crippen LogP contribution is -3.00. The number of thiazole rings is 1. The monoisotopic (exact) mass is 624 g/mol. The van der Waals surface area contributed by atoms with E-state index in [4.69, 9.17) is 21.1 Å². The van der Waals surface area contributed by atoms with Gasteiger partial charge in [-0.25, -0.2) is 9.47 Å². The van der Waals surface area contributed by atoms with Crippen molar-refractivity contribution >= 4 is 28.1 Å². The van der Waals surface area contributed by atoms with Gasteiger partial charge in [0, 0.05) is 22.2 Å². The Hall–Kier alpha value is -2.75. The molecule has 0 N–H and O–H groups in total. The van der Waals surface area contributed by atoms with Crippen LogP contribution < -0.4 is 35.9 Å². The zero-order valence-corrected chi connectivity index (χ0v) is 24.0. The predicted molar refractivity (Wildman–Crippen MR) is 140 cm³/mol. The number of hydrogen-bond acceptors (Lipinski definition) is 4. The third kappa shape index (κ3) is 5.51. The molecule has 3 aromatic carbocycles. The van der Waals surface area contributed by atoms with E-state index in [9.17, 15) is 13.2 Å². The van der Waals surface area contributed by atoms with Crippen LogP contribution in [0.1, 0.15) is 27.6 Å². The lowest BCUT2D eigenvalue weighted by atomic mass is 10.0. The molecule has 0 spiro atoms. The first-order chi connectivity index (χ1) is 17.7. The second-order valence-electron chi connectivity index (χ2n) is 8.89. The molecule has 10 heteroatoms. The molecule has 1 aromatic heterocycles. The summed E-state index contributed by atoms with van der Waals surface area (Å²) in [6.45, 7) is 3.02. The minimum Gasteiger partial charge on any atom is -1.00 e. The molecule has 0 aliphatic carbocycles. The van der Waals surface area contributed by atoms with Crippen molar-refractivity contribution < 1.29 is 44.2 Å². The van der Waals surface area contributed by atoms with Crippen LogP contribution in [0.3, 0.4) is 0 Å². The van der Waals surface area contributed by atoms with Gasteiger partial charge in [-0.05, 0) is 48.9 Å². The second-order valence-corrected chi connectivity index (χ2v) is 10.5. The Morgan fingerprint density at radius 1 is 1.00 bits per heavy atom. The third-order valence-electron chi connectivity index (χ3n) is 6.54. The first-order valence-corrected chi connectivity index (χ1v) is 12.8. The van der Waals surface area contributed by atoms with Gasteiger partial charge in [0.05, 0.1) is 24.7 Å². The van der Waals surface area contributed by atoms with Crippen molar-refractivity contribution in [1.29, 1.82) is 0 Å². The largest absolute Gasteiger partial charge is 1.00 e. The molecule has 1 aliphatic rings. The summed E-state index contributed by atoms with van der Waals surface area (Å²) in [7, 11) is 3.23. The molecule has 200 valence electrons. The molecule has 0 bridgehead atoms. The summed E-state index contributed by atoms with van der Waals surface area (Å²) in [5.74, 6) is 1.37. The average molecular weight is 626 g/mol. The van der Waals surface area contributed by atoms with Gasteiger partial charge in [-0.1, -0.05) is 47.2 Å². The van der Waals surface area contributed by atoms with Crippen LogP contribution in [-0.2, 0) is 19.3 Å². The highest BCUT2D eigenvalue weighted by Gasteiger charge is 2.43. The molecule has 2 heterocycles. The quantitative estimate of drug-likeness (QED) is 0.296. The minimum absolute atomic E-state index is 0. The highest BCUT2D eigenvalue weighted by Crippen LogP contribution is 2.42. The number of aromatic nitrogens is 1. The van der Waals surface area contributed by atoms with Crippen LogP contribution in [0.4, 0.5) is 18.3 Å². The van der Waals surface area contributed by atoms with Gasteiger partial charge in [-0.2, -0.15) is 13.2 Å². The van der Waals surface area contributed by atoms with Crippen LogP contribution in [-0.4, -0.2) is 14.2 Å². The lowest BCUT2D eigenvalue weighted by Gasteiger charge is -2.19. The minimum atomic E-state index is -4.39. The second kappa shape index (κ2) is 11.2. The zero-order valence-electron chi connectivity index (χ0n) is 20.9. The number of alkyl halides is 3. The SMILES string of the molecule is COc1cc(OC)cc(-c2c(C)sc3[n+]2CC(c2ccc(Cl)cc2)N3Cc2cccc(C(F)(F)F)c2)c1.[Br-]. The zero-order chi connectivity index (χ0) is 26.3. The first-order valence-electron chi connectivity index (χ1n) is 11.6. The Balaban J connectivity index is 0.00000336. The number of hydrogen-bond donors (Lipinski definition) is 0. The number of ether oxygens (including phenoxy) is 2. The van der Waals surface area contributed by atoms with Gasteiger partial charge in [0.2, 0.25) is 0 Å². The number of fused-ring (bicyclic) bond motifs is 1. The fraction of sp³-hybridized carbons (Fsp3) is 0.250. The predicted octanol–water partition coefficient (Wildman–Crippen LogP) is 4.47.